The van der Waals surface area contributed by atoms with Crippen molar-refractivity contribution in [2.45, 2.75) is 6.92 Å². The minimum Gasteiger partial charge on any atom is -0.282 e. The SMILES string of the molecule is Cc1cccc(/C=C2/C(=N)N3N=C(c4ccccc4)SC3=NC2=O)c1. The minimum atomic E-state index is -0.408. The second kappa shape index (κ2) is 6.14. The molecule has 6 heteroatoms. The third kappa shape index (κ3) is 2.92. The summed E-state index contributed by atoms with van der Waals surface area (Å²) in [6.45, 7) is 1.99. The highest BCUT2D eigenvalue weighted by Gasteiger charge is 2.35. The Morgan fingerprint density at radius 2 is 1.92 bits per heavy atom. The van der Waals surface area contributed by atoms with Gasteiger partial charge in [0.25, 0.3) is 5.91 Å². The lowest BCUT2D eigenvalue weighted by Crippen LogP contribution is -2.35. The molecular formula is C19H14N4OS. The van der Waals surface area contributed by atoms with Crippen LogP contribution in [0.25, 0.3) is 6.08 Å². The highest BCUT2D eigenvalue weighted by molar-refractivity contribution is 8.27. The molecule has 0 unspecified atom stereocenters. The van der Waals surface area contributed by atoms with Crippen LogP contribution in [-0.2, 0) is 4.79 Å². The van der Waals surface area contributed by atoms with E-state index in [4.69, 9.17) is 5.41 Å². The highest BCUT2D eigenvalue weighted by atomic mass is 32.2. The van der Waals surface area contributed by atoms with Crippen molar-refractivity contribution in [2.24, 2.45) is 10.1 Å². The van der Waals surface area contributed by atoms with E-state index < -0.39 is 5.91 Å². The normalized spacial score (nSPS) is 18.3. The highest BCUT2D eigenvalue weighted by Crippen LogP contribution is 2.30. The molecule has 0 aromatic heterocycles. The van der Waals surface area contributed by atoms with Gasteiger partial charge in [-0.05, 0) is 30.3 Å². The molecule has 2 aliphatic rings. The average molecular weight is 346 g/mol. The molecule has 0 fully saturated rings. The third-order valence-corrected chi connectivity index (χ3v) is 4.79. The Morgan fingerprint density at radius 1 is 1.12 bits per heavy atom. The van der Waals surface area contributed by atoms with Gasteiger partial charge in [0.2, 0.25) is 5.17 Å². The van der Waals surface area contributed by atoms with Gasteiger partial charge in [-0.25, -0.2) is 0 Å². The molecule has 0 radical (unpaired) electrons. The number of aliphatic imine (C=N–C) groups is 1. The van der Waals surface area contributed by atoms with Crippen LogP contribution in [-0.4, -0.2) is 27.0 Å². The molecule has 1 amide bonds. The van der Waals surface area contributed by atoms with Crippen molar-refractivity contribution in [2.75, 3.05) is 0 Å². The van der Waals surface area contributed by atoms with Gasteiger partial charge >= 0.3 is 0 Å². The summed E-state index contributed by atoms with van der Waals surface area (Å²) in [5, 5.41) is 15.4. The summed E-state index contributed by atoms with van der Waals surface area (Å²) < 4.78 is 0. The van der Waals surface area contributed by atoms with Crippen LogP contribution in [0.4, 0.5) is 0 Å². The molecule has 25 heavy (non-hydrogen) atoms. The first-order valence-electron chi connectivity index (χ1n) is 7.74. The molecule has 0 saturated carbocycles. The molecule has 2 aromatic carbocycles. The predicted molar refractivity (Wildman–Crippen MR) is 102 cm³/mol. The van der Waals surface area contributed by atoms with Gasteiger partial charge in [-0.15, -0.1) is 0 Å². The summed E-state index contributed by atoms with van der Waals surface area (Å²) in [5.41, 5.74) is 3.14. The first-order chi connectivity index (χ1) is 12.1. The van der Waals surface area contributed by atoms with Gasteiger partial charge < -0.3 is 0 Å². The smallest absolute Gasteiger partial charge is 0.282 e. The van der Waals surface area contributed by atoms with E-state index in [0.717, 1.165) is 21.7 Å². The van der Waals surface area contributed by atoms with Crippen LogP contribution in [0.15, 0.2) is 70.3 Å². The fourth-order valence-corrected chi connectivity index (χ4v) is 3.51. The molecule has 0 aliphatic carbocycles. The molecule has 4 rings (SSSR count). The average Bonchev–Trinajstić information content (AvgIpc) is 3.04. The lowest BCUT2D eigenvalue weighted by atomic mass is 10.1. The van der Waals surface area contributed by atoms with E-state index in [1.807, 2.05) is 61.5 Å². The number of amidine groups is 2. The number of hydrogen-bond donors (Lipinski definition) is 1. The largest absolute Gasteiger partial charge is 0.283 e. The summed E-state index contributed by atoms with van der Waals surface area (Å²) in [7, 11) is 0. The van der Waals surface area contributed by atoms with Crippen molar-refractivity contribution in [3.8, 4) is 0 Å². The Hall–Kier alpha value is -2.99. The number of rotatable bonds is 2. The Kier molecular flexibility index (Phi) is 3.82. The summed E-state index contributed by atoms with van der Waals surface area (Å²) in [4.78, 5) is 16.5. The van der Waals surface area contributed by atoms with Crippen LogP contribution in [0, 0.1) is 12.3 Å². The Balaban J connectivity index is 1.71. The molecule has 0 bridgehead atoms. The van der Waals surface area contributed by atoms with Gasteiger partial charge in [0.05, 0.1) is 5.57 Å². The minimum absolute atomic E-state index is 0.0509. The first kappa shape index (κ1) is 15.5. The summed E-state index contributed by atoms with van der Waals surface area (Å²) >= 11 is 1.30. The Labute approximate surface area is 149 Å². The molecule has 0 spiro atoms. The standard InChI is InChI=1S/C19H14N4OS/c1-12-6-5-7-13(10-12)11-15-16(20)23-19(21-17(15)24)25-18(22-23)14-8-3-2-4-9-14/h2-11,20H,1H3/b15-11-,20-16?. The zero-order valence-corrected chi connectivity index (χ0v) is 14.2. The van der Waals surface area contributed by atoms with Crippen LogP contribution < -0.4 is 0 Å². The van der Waals surface area contributed by atoms with Crippen LogP contribution >= 0.6 is 11.8 Å². The quantitative estimate of drug-likeness (QED) is 0.844. The Morgan fingerprint density at radius 3 is 2.68 bits per heavy atom. The zero-order chi connectivity index (χ0) is 17.4. The van der Waals surface area contributed by atoms with Gasteiger partial charge in [0, 0.05) is 5.56 Å². The fraction of sp³-hybridized carbons (Fsp3) is 0.0526. The summed E-state index contributed by atoms with van der Waals surface area (Å²) in [6.07, 6.45) is 1.69. The third-order valence-electron chi connectivity index (χ3n) is 3.83. The van der Waals surface area contributed by atoms with Crippen LogP contribution in [0.5, 0.6) is 0 Å². The number of nitrogens with zero attached hydrogens (tertiary/aromatic N) is 3. The van der Waals surface area contributed by atoms with Crippen LogP contribution in [0.1, 0.15) is 16.7 Å². The van der Waals surface area contributed by atoms with Crippen molar-refractivity contribution < 1.29 is 4.79 Å². The van der Waals surface area contributed by atoms with E-state index in [1.165, 1.54) is 16.8 Å². The molecule has 2 aliphatic heterocycles. The maximum atomic E-state index is 12.4. The number of fused-ring (bicyclic) bond motifs is 1. The second-order valence-corrected chi connectivity index (χ2v) is 6.66. The van der Waals surface area contributed by atoms with E-state index >= 15 is 0 Å². The topological polar surface area (TPSA) is 68.9 Å². The molecule has 5 nitrogen and oxygen atoms in total. The van der Waals surface area contributed by atoms with Crippen molar-refractivity contribution in [1.29, 1.82) is 5.41 Å². The molecular weight excluding hydrogens is 332 g/mol. The zero-order valence-electron chi connectivity index (χ0n) is 13.4. The van der Waals surface area contributed by atoms with Crippen molar-refractivity contribution in [3.63, 3.8) is 0 Å². The number of carbonyl (C=O) groups is 1. The number of hydrazone groups is 1. The second-order valence-electron chi connectivity index (χ2n) is 5.71. The van der Waals surface area contributed by atoms with Gasteiger partial charge in [-0.2, -0.15) is 15.1 Å². The van der Waals surface area contributed by atoms with Gasteiger partial charge in [0.1, 0.15) is 5.04 Å². The van der Waals surface area contributed by atoms with Crippen LogP contribution in [0.2, 0.25) is 0 Å². The maximum absolute atomic E-state index is 12.4. The van der Waals surface area contributed by atoms with E-state index in [0.29, 0.717) is 5.17 Å². The number of thioether (sulfide) groups is 1. The summed E-state index contributed by atoms with van der Waals surface area (Å²) in [5.74, 6) is -0.357. The van der Waals surface area contributed by atoms with Crippen molar-refractivity contribution in [1.82, 2.24) is 5.01 Å². The van der Waals surface area contributed by atoms with Crippen LogP contribution in [0.3, 0.4) is 0 Å². The fourth-order valence-electron chi connectivity index (χ4n) is 2.62. The number of amides is 1. The number of aryl methyl sites for hydroxylation is 1. The van der Waals surface area contributed by atoms with Crippen molar-refractivity contribution in [3.05, 3.63) is 76.9 Å². The van der Waals surface area contributed by atoms with E-state index in [1.54, 1.807) is 6.08 Å². The number of benzene rings is 2. The summed E-state index contributed by atoms with van der Waals surface area (Å²) in [6, 6.07) is 17.4. The molecule has 0 atom stereocenters. The van der Waals surface area contributed by atoms with E-state index in [2.05, 4.69) is 10.1 Å². The lowest BCUT2D eigenvalue weighted by Gasteiger charge is -2.20. The van der Waals surface area contributed by atoms with Gasteiger partial charge in [-0.3, -0.25) is 10.2 Å². The molecule has 2 aromatic rings. The monoisotopic (exact) mass is 346 g/mol. The van der Waals surface area contributed by atoms with E-state index in [9.17, 15) is 4.79 Å². The molecule has 1 N–H and O–H groups in total. The molecule has 122 valence electrons. The number of hydrogen-bond acceptors (Lipinski definition) is 4. The van der Waals surface area contributed by atoms with E-state index in [-0.39, 0.29) is 11.4 Å². The predicted octanol–water partition coefficient (Wildman–Crippen LogP) is 3.66. The maximum Gasteiger partial charge on any atom is 0.283 e. The lowest BCUT2D eigenvalue weighted by molar-refractivity contribution is -0.114. The van der Waals surface area contributed by atoms with Crippen molar-refractivity contribution >= 4 is 39.8 Å². The Bertz CT molecular complexity index is 976. The van der Waals surface area contributed by atoms with Gasteiger partial charge in [0.15, 0.2) is 5.84 Å². The van der Waals surface area contributed by atoms with Gasteiger partial charge in [-0.1, -0.05) is 60.2 Å². The molecule has 2 heterocycles. The first-order valence-corrected chi connectivity index (χ1v) is 8.56. The molecule has 0 saturated heterocycles. The number of nitrogens with one attached hydrogen (secondary N) is 1. The number of carbonyl (C=O) groups excluding carboxylic acids is 1.